The van der Waals surface area contributed by atoms with Gasteiger partial charge in [0.2, 0.25) is 0 Å². The Kier molecular flexibility index (Phi) is 31.0. The van der Waals surface area contributed by atoms with Crippen LogP contribution < -0.4 is 0 Å². The smallest absolute Gasteiger partial charge is 0.0414 e. The molecular weight excluding hydrogens is 408 g/mol. The van der Waals surface area contributed by atoms with Crippen molar-refractivity contribution < 1.29 is 0 Å². The van der Waals surface area contributed by atoms with Crippen LogP contribution in [0.4, 0.5) is 0 Å². The van der Waals surface area contributed by atoms with E-state index in [1.54, 1.807) is 0 Å². The molecule has 0 aliphatic carbocycles. The number of rotatable bonds is 30. The first-order chi connectivity index (χ1) is 16.8. The third kappa shape index (κ3) is 30.0. The first-order valence-electron chi connectivity index (χ1n) is 16.6. The Bertz CT molecular complexity index is 333. The van der Waals surface area contributed by atoms with Gasteiger partial charge >= 0.3 is 0 Å². The van der Waals surface area contributed by atoms with Gasteiger partial charge in [-0.3, -0.25) is 0 Å². The average Bonchev–Trinajstić information content (AvgIpc) is 2.84. The molecule has 0 fully saturated rings. The van der Waals surface area contributed by atoms with Crippen molar-refractivity contribution in [1.82, 2.24) is 0 Å². The fourth-order valence-corrected chi connectivity index (χ4v) is 5.40. The Labute approximate surface area is 219 Å². The lowest BCUT2D eigenvalue weighted by atomic mass is 9.95. The molecule has 0 aromatic carbocycles. The molecule has 1 atom stereocenters. The second kappa shape index (κ2) is 31.0. The molecule has 0 aliphatic heterocycles. The lowest BCUT2D eigenvalue weighted by Crippen LogP contribution is -1.95. The van der Waals surface area contributed by atoms with Crippen LogP contribution in [0.2, 0.25) is 0 Å². The third-order valence-electron chi connectivity index (χ3n) is 7.93. The molecule has 1 radical (unpaired) electrons. The number of unbranched alkanes of at least 4 members (excludes halogenated alkanes) is 26. The predicted octanol–water partition coefficient (Wildman–Crippen LogP) is 13.2. The van der Waals surface area contributed by atoms with Crippen molar-refractivity contribution in [1.29, 1.82) is 0 Å². The topological polar surface area (TPSA) is 0 Å². The second-order valence-electron chi connectivity index (χ2n) is 11.6. The highest BCUT2D eigenvalue weighted by Gasteiger charge is 2.02. The zero-order chi connectivity index (χ0) is 24.8. The standard InChI is InChI=1S/C34H69/c1-4-6-8-10-12-14-15-16-17-18-19-20-21-22-23-24-25-27-29-31-33-34(3)32-30-28-26-13-11-9-7-5-2/h34H,3-33H2,1-2H3. The summed E-state index contributed by atoms with van der Waals surface area (Å²) in [4.78, 5) is 0. The molecule has 1 unspecified atom stereocenters. The molecule has 0 saturated carbocycles. The first-order valence-corrected chi connectivity index (χ1v) is 16.6. The zero-order valence-electron chi connectivity index (χ0n) is 24.5. The molecule has 0 heteroatoms. The van der Waals surface area contributed by atoms with E-state index in [1.165, 1.54) is 193 Å². The van der Waals surface area contributed by atoms with Crippen LogP contribution in [-0.4, -0.2) is 0 Å². The molecule has 0 saturated heterocycles. The van der Waals surface area contributed by atoms with Crippen molar-refractivity contribution in [2.75, 3.05) is 0 Å². The maximum Gasteiger partial charge on any atom is -0.0414 e. The van der Waals surface area contributed by atoms with E-state index in [4.69, 9.17) is 0 Å². The van der Waals surface area contributed by atoms with Crippen LogP contribution in [-0.2, 0) is 0 Å². The summed E-state index contributed by atoms with van der Waals surface area (Å²) in [5, 5.41) is 0. The van der Waals surface area contributed by atoms with Crippen molar-refractivity contribution in [3.8, 4) is 0 Å². The van der Waals surface area contributed by atoms with Crippen LogP contribution >= 0.6 is 0 Å². The summed E-state index contributed by atoms with van der Waals surface area (Å²) >= 11 is 0. The highest BCUT2D eigenvalue weighted by Crippen LogP contribution is 2.19. The molecule has 0 amide bonds. The Morgan fingerprint density at radius 3 is 0.676 bits per heavy atom. The van der Waals surface area contributed by atoms with E-state index in [9.17, 15) is 0 Å². The van der Waals surface area contributed by atoms with Gasteiger partial charge in [0.15, 0.2) is 0 Å². The monoisotopic (exact) mass is 478 g/mol. The van der Waals surface area contributed by atoms with E-state index < -0.39 is 0 Å². The fraction of sp³-hybridized carbons (Fsp3) is 0.971. The van der Waals surface area contributed by atoms with Crippen molar-refractivity contribution in [3.63, 3.8) is 0 Å². The van der Waals surface area contributed by atoms with E-state index in [2.05, 4.69) is 20.8 Å². The molecule has 0 aromatic heterocycles. The van der Waals surface area contributed by atoms with Crippen LogP contribution in [0.3, 0.4) is 0 Å². The predicted molar refractivity (Wildman–Crippen MR) is 159 cm³/mol. The second-order valence-corrected chi connectivity index (χ2v) is 11.6. The molecule has 0 spiro atoms. The zero-order valence-corrected chi connectivity index (χ0v) is 24.5. The molecule has 205 valence electrons. The van der Waals surface area contributed by atoms with E-state index in [1.807, 2.05) is 0 Å². The molecular formula is C34H69. The van der Waals surface area contributed by atoms with Gasteiger partial charge in [-0.05, 0) is 5.92 Å². The van der Waals surface area contributed by atoms with Gasteiger partial charge in [0.1, 0.15) is 0 Å². The van der Waals surface area contributed by atoms with Gasteiger partial charge in [0, 0.05) is 0 Å². The molecule has 0 aromatic rings. The van der Waals surface area contributed by atoms with Crippen LogP contribution in [0.1, 0.15) is 206 Å². The lowest BCUT2D eigenvalue weighted by Gasteiger charge is -2.11. The highest BCUT2D eigenvalue weighted by molar-refractivity contribution is 4.62. The van der Waals surface area contributed by atoms with Gasteiger partial charge in [0.25, 0.3) is 0 Å². The maximum atomic E-state index is 4.42. The van der Waals surface area contributed by atoms with E-state index >= 15 is 0 Å². The van der Waals surface area contributed by atoms with Crippen LogP contribution in [0.25, 0.3) is 0 Å². The van der Waals surface area contributed by atoms with E-state index in [-0.39, 0.29) is 0 Å². The van der Waals surface area contributed by atoms with Crippen LogP contribution in [0.15, 0.2) is 0 Å². The Morgan fingerprint density at radius 2 is 0.471 bits per heavy atom. The summed E-state index contributed by atoms with van der Waals surface area (Å²) in [6.07, 6.45) is 43.6. The van der Waals surface area contributed by atoms with Crippen molar-refractivity contribution in [2.45, 2.75) is 206 Å². The minimum absolute atomic E-state index is 0.718. The summed E-state index contributed by atoms with van der Waals surface area (Å²) in [6, 6.07) is 0. The van der Waals surface area contributed by atoms with Gasteiger partial charge in [-0.15, -0.1) is 0 Å². The van der Waals surface area contributed by atoms with Crippen LogP contribution in [0, 0.1) is 12.8 Å². The third-order valence-corrected chi connectivity index (χ3v) is 7.93. The number of hydrogen-bond donors (Lipinski definition) is 0. The minimum atomic E-state index is 0.718. The van der Waals surface area contributed by atoms with Gasteiger partial charge in [-0.2, -0.15) is 0 Å². The van der Waals surface area contributed by atoms with E-state index in [0.717, 1.165) is 5.92 Å². The van der Waals surface area contributed by atoms with Gasteiger partial charge in [-0.25, -0.2) is 0 Å². The molecule has 0 aliphatic rings. The van der Waals surface area contributed by atoms with Crippen molar-refractivity contribution in [3.05, 3.63) is 6.92 Å². The molecule has 0 heterocycles. The summed E-state index contributed by atoms with van der Waals surface area (Å²) in [5.41, 5.74) is 0. The van der Waals surface area contributed by atoms with Gasteiger partial charge in [-0.1, -0.05) is 213 Å². The summed E-state index contributed by atoms with van der Waals surface area (Å²) in [7, 11) is 0. The molecule has 0 bridgehead atoms. The lowest BCUT2D eigenvalue weighted by molar-refractivity contribution is 0.459. The molecule has 0 N–H and O–H groups in total. The largest absolute Gasteiger partial charge is 0.0654 e. The number of hydrogen-bond acceptors (Lipinski definition) is 0. The SMILES string of the molecule is [CH2]C(CCCCCCCCCC)CCCCCCCCCCCCCCCCCCCCCC. The summed E-state index contributed by atoms with van der Waals surface area (Å²) in [5.74, 6) is 0.718. The maximum absolute atomic E-state index is 4.42. The molecule has 0 rings (SSSR count). The minimum Gasteiger partial charge on any atom is -0.0654 e. The first kappa shape index (κ1) is 34.0. The molecule has 34 heavy (non-hydrogen) atoms. The Hall–Kier alpha value is 0. The van der Waals surface area contributed by atoms with Gasteiger partial charge < -0.3 is 0 Å². The Balaban J connectivity index is 3.10. The van der Waals surface area contributed by atoms with E-state index in [0.29, 0.717) is 0 Å². The normalized spacial score (nSPS) is 12.4. The average molecular weight is 478 g/mol. The van der Waals surface area contributed by atoms with Gasteiger partial charge in [0.05, 0.1) is 0 Å². The van der Waals surface area contributed by atoms with Crippen molar-refractivity contribution >= 4 is 0 Å². The molecule has 0 nitrogen and oxygen atoms in total. The van der Waals surface area contributed by atoms with Crippen molar-refractivity contribution in [2.24, 2.45) is 5.92 Å². The van der Waals surface area contributed by atoms with Crippen LogP contribution in [0.5, 0.6) is 0 Å². The summed E-state index contributed by atoms with van der Waals surface area (Å²) in [6.45, 7) is 9.02. The fourth-order valence-electron chi connectivity index (χ4n) is 5.40. The Morgan fingerprint density at radius 1 is 0.294 bits per heavy atom. The quantitative estimate of drug-likeness (QED) is 0.0902. The summed E-state index contributed by atoms with van der Waals surface area (Å²) < 4.78 is 0. The highest BCUT2D eigenvalue weighted by atomic mass is 14.1.